The van der Waals surface area contributed by atoms with Gasteiger partial charge in [0.2, 0.25) is 0 Å². The average Bonchev–Trinajstić information content (AvgIpc) is 3.11. The van der Waals surface area contributed by atoms with E-state index in [4.69, 9.17) is 0 Å². The number of amides is 1. The molecule has 0 aliphatic carbocycles. The Morgan fingerprint density at radius 2 is 1.67 bits per heavy atom. The molecule has 124 valence electrons. The molecule has 24 heavy (non-hydrogen) atoms. The largest absolute Gasteiger partial charge is 0.335 e. The molecule has 1 unspecified atom stereocenters. The van der Waals surface area contributed by atoms with Gasteiger partial charge in [0.1, 0.15) is 0 Å². The highest BCUT2D eigenvalue weighted by Crippen LogP contribution is 2.21. The van der Waals surface area contributed by atoms with Crippen molar-refractivity contribution >= 4 is 5.91 Å². The minimum absolute atomic E-state index is 0.136. The lowest BCUT2D eigenvalue weighted by Gasteiger charge is -2.41. The van der Waals surface area contributed by atoms with E-state index in [1.54, 1.807) is 0 Å². The highest BCUT2D eigenvalue weighted by Gasteiger charge is 2.32. The Kier molecular flexibility index (Phi) is 4.32. The van der Waals surface area contributed by atoms with E-state index in [2.05, 4.69) is 22.8 Å². The predicted molar refractivity (Wildman–Crippen MR) is 96.0 cm³/mol. The van der Waals surface area contributed by atoms with E-state index in [0.29, 0.717) is 12.1 Å². The fourth-order valence-electron chi connectivity index (χ4n) is 3.50. The number of carbonyl (C=O) groups is 1. The molecule has 2 aromatic carbocycles. The third kappa shape index (κ3) is 3.21. The quantitative estimate of drug-likeness (QED) is 0.907. The zero-order valence-electron chi connectivity index (χ0n) is 13.7. The van der Waals surface area contributed by atoms with Gasteiger partial charge in [-0.2, -0.15) is 0 Å². The van der Waals surface area contributed by atoms with Gasteiger partial charge in [-0.05, 0) is 36.2 Å². The van der Waals surface area contributed by atoms with Crippen molar-refractivity contribution in [3.05, 3.63) is 60.2 Å². The number of rotatable bonds is 4. The maximum absolute atomic E-state index is 12.5. The van der Waals surface area contributed by atoms with E-state index < -0.39 is 0 Å². The van der Waals surface area contributed by atoms with Crippen molar-refractivity contribution in [1.29, 1.82) is 0 Å². The number of likely N-dealkylation sites (tertiary alicyclic amines) is 1. The lowest BCUT2D eigenvalue weighted by Crippen LogP contribution is -2.61. The van der Waals surface area contributed by atoms with Crippen LogP contribution in [0.4, 0.5) is 0 Å². The third-order valence-corrected chi connectivity index (χ3v) is 4.94. The van der Waals surface area contributed by atoms with Crippen LogP contribution in [0.25, 0.3) is 11.1 Å². The Labute approximate surface area is 142 Å². The molecule has 2 aliphatic heterocycles. The molecule has 4 heteroatoms. The summed E-state index contributed by atoms with van der Waals surface area (Å²) in [6.45, 7) is 3.78. The molecule has 4 nitrogen and oxygen atoms in total. The van der Waals surface area contributed by atoms with Gasteiger partial charge in [-0.25, -0.2) is 0 Å². The van der Waals surface area contributed by atoms with Crippen LogP contribution in [0.3, 0.4) is 0 Å². The molecular weight excluding hydrogens is 298 g/mol. The van der Waals surface area contributed by atoms with E-state index in [1.807, 2.05) is 47.4 Å². The second-order valence-electron chi connectivity index (χ2n) is 6.71. The molecule has 0 radical (unpaired) electrons. The first kappa shape index (κ1) is 15.4. The van der Waals surface area contributed by atoms with Crippen LogP contribution in [0, 0.1) is 0 Å². The molecule has 2 fully saturated rings. The van der Waals surface area contributed by atoms with E-state index in [0.717, 1.165) is 37.3 Å². The first-order chi connectivity index (χ1) is 11.8. The highest BCUT2D eigenvalue weighted by atomic mass is 16.2. The molecule has 0 spiro atoms. The number of hydrogen-bond acceptors (Lipinski definition) is 3. The van der Waals surface area contributed by atoms with Crippen LogP contribution in [0.15, 0.2) is 54.6 Å². The van der Waals surface area contributed by atoms with Crippen LogP contribution in [-0.2, 0) is 0 Å². The standard InChI is InChI=1S/C20H23N3O/c24-20(23-13-19(14-23)22-18-10-11-21-12-18)17-8-6-16(7-9-17)15-4-2-1-3-5-15/h1-9,18-19,21-22H,10-14H2. The molecule has 2 heterocycles. The van der Waals surface area contributed by atoms with Gasteiger partial charge < -0.3 is 15.5 Å². The molecule has 0 saturated carbocycles. The Balaban J connectivity index is 1.34. The SMILES string of the molecule is O=C(c1ccc(-c2ccccc2)cc1)N1CC(NC2CCNC2)C1. The zero-order valence-corrected chi connectivity index (χ0v) is 13.7. The van der Waals surface area contributed by atoms with E-state index >= 15 is 0 Å². The Morgan fingerprint density at radius 1 is 0.958 bits per heavy atom. The molecule has 2 N–H and O–H groups in total. The van der Waals surface area contributed by atoms with Gasteiger partial charge in [0.25, 0.3) is 5.91 Å². The number of carbonyl (C=O) groups excluding carboxylic acids is 1. The van der Waals surface area contributed by atoms with E-state index in [1.165, 1.54) is 12.0 Å². The van der Waals surface area contributed by atoms with Crippen LogP contribution >= 0.6 is 0 Å². The van der Waals surface area contributed by atoms with Crippen molar-refractivity contribution < 1.29 is 4.79 Å². The summed E-state index contributed by atoms with van der Waals surface area (Å²) in [5.41, 5.74) is 3.09. The first-order valence-corrected chi connectivity index (χ1v) is 8.71. The molecule has 4 rings (SSSR count). The molecule has 1 atom stereocenters. The maximum atomic E-state index is 12.5. The van der Waals surface area contributed by atoms with Crippen molar-refractivity contribution in [2.24, 2.45) is 0 Å². The van der Waals surface area contributed by atoms with Gasteiger partial charge in [0.05, 0.1) is 0 Å². The van der Waals surface area contributed by atoms with Gasteiger partial charge in [0, 0.05) is 37.3 Å². The summed E-state index contributed by atoms with van der Waals surface area (Å²) < 4.78 is 0. The first-order valence-electron chi connectivity index (χ1n) is 8.71. The lowest BCUT2D eigenvalue weighted by molar-refractivity contribution is 0.0555. The number of nitrogens with zero attached hydrogens (tertiary/aromatic N) is 1. The van der Waals surface area contributed by atoms with Crippen molar-refractivity contribution in [3.8, 4) is 11.1 Å². The van der Waals surface area contributed by atoms with Gasteiger partial charge >= 0.3 is 0 Å². The third-order valence-electron chi connectivity index (χ3n) is 4.94. The molecule has 1 amide bonds. The Bertz CT molecular complexity index is 687. The highest BCUT2D eigenvalue weighted by molar-refractivity contribution is 5.95. The average molecular weight is 321 g/mol. The van der Waals surface area contributed by atoms with Crippen molar-refractivity contribution in [2.75, 3.05) is 26.2 Å². The Morgan fingerprint density at radius 3 is 2.33 bits per heavy atom. The zero-order chi connectivity index (χ0) is 16.4. The predicted octanol–water partition coefficient (Wildman–Crippen LogP) is 2.13. The summed E-state index contributed by atoms with van der Waals surface area (Å²) in [4.78, 5) is 14.5. The van der Waals surface area contributed by atoms with E-state index in [9.17, 15) is 4.79 Å². The summed E-state index contributed by atoms with van der Waals surface area (Å²) in [6, 6.07) is 19.2. The van der Waals surface area contributed by atoms with Crippen molar-refractivity contribution in [3.63, 3.8) is 0 Å². The molecule has 2 saturated heterocycles. The van der Waals surface area contributed by atoms with E-state index in [-0.39, 0.29) is 5.91 Å². The van der Waals surface area contributed by atoms with Crippen molar-refractivity contribution in [2.45, 2.75) is 18.5 Å². The molecule has 2 aliphatic rings. The van der Waals surface area contributed by atoms with Gasteiger partial charge in [-0.15, -0.1) is 0 Å². The minimum atomic E-state index is 0.136. The fraction of sp³-hybridized carbons (Fsp3) is 0.350. The maximum Gasteiger partial charge on any atom is 0.253 e. The number of benzene rings is 2. The molecule has 0 aromatic heterocycles. The molecule has 0 bridgehead atoms. The molecule has 2 aromatic rings. The van der Waals surface area contributed by atoms with Crippen LogP contribution in [-0.4, -0.2) is 49.1 Å². The summed E-state index contributed by atoms with van der Waals surface area (Å²) >= 11 is 0. The minimum Gasteiger partial charge on any atom is -0.335 e. The van der Waals surface area contributed by atoms with Crippen LogP contribution < -0.4 is 10.6 Å². The summed E-state index contributed by atoms with van der Waals surface area (Å²) in [5, 5.41) is 6.99. The van der Waals surface area contributed by atoms with Crippen LogP contribution in [0.2, 0.25) is 0 Å². The van der Waals surface area contributed by atoms with Crippen LogP contribution in [0.1, 0.15) is 16.8 Å². The number of nitrogens with one attached hydrogen (secondary N) is 2. The summed E-state index contributed by atoms with van der Waals surface area (Å²) in [7, 11) is 0. The van der Waals surface area contributed by atoms with Gasteiger partial charge in [-0.1, -0.05) is 42.5 Å². The van der Waals surface area contributed by atoms with Gasteiger partial charge in [-0.3, -0.25) is 4.79 Å². The van der Waals surface area contributed by atoms with Crippen LogP contribution in [0.5, 0.6) is 0 Å². The molecular formula is C20H23N3O. The fourth-order valence-corrected chi connectivity index (χ4v) is 3.50. The summed E-state index contributed by atoms with van der Waals surface area (Å²) in [6.07, 6.45) is 1.19. The summed E-state index contributed by atoms with van der Waals surface area (Å²) in [5.74, 6) is 0.136. The monoisotopic (exact) mass is 321 g/mol. The smallest absolute Gasteiger partial charge is 0.253 e. The van der Waals surface area contributed by atoms with Crippen molar-refractivity contribution in [1.82, 2.24) is 15.5 Å². The Hall–Kier alpha value is -2.17. The van der Waals surface area contributed by atoms with Gasteiger partial charge in [0.15, 0.2) is 0 Å². The lowest BCUT2D eigenvalue weighted by atomic mass is 10.0. The second kappa shape index (κ2) is 6.75. The number of hydrogen-bond donors (Lipinski definition) is 2. The normalized spacial score (nSPS) is 20.8. The second-order valence-corrected chi connectivity index (χ2v) is 6.71. The topological polar surface area (TPSA) is 44.4 Å².